The van der Waals surface area contributed by atoms with Crippen molar-refractivity contribution in [3.05, 3.63) is 70.8 Å². The smallest absolute Gasteiger partial charge is 0.335 e. The molecule has 2 heterocycles. The molecule has 3 aliphatic rings. The molecule has 1 saturated heterocycles. The average Bonchev–Trinajstić information content (AvgIpc) is 2.56. The minimum Gasteiger partial charge on any atom is -0.478 e. The van der Waals surface area contributed by atoms with Gasteiger partial charge < -0.3 is 10.0 Å². The average molecular weight is 322 g/mol. The van der Waals surface area contributed by atoms with E-state index in [1.54, 1.807) is 22.6 Å². The van der Waals surface area contributed by atoms with Crippen LogP contribution in [0.4, 0.5) is 0 Å². The van der Waals surface area contributed by atoms with E-state index in [0.717, 1.165) is 12.5 Å². The molecule has 3 atom stereocenters. The summed E-state index contributed by atoms with van der Waals surface area (Å²) in [6, 6.07) is 17.1. The van der Waals surface area contributed by atoms with Gasteiger partial charge in [0.15, 0.2) is 0 Å². The first-order valence-corrected chi connectivity index (χ1v) is 8.92. The first-order valence-electron chi connectivity index (χ1n) is 8.92. The molecule has 24 heavy (non-hydrogen) atoms. The number of hydrogen-bond donors (Lipinski definition) is 2. The first kappa shape index (κ1) is 15.4. The molecule has 1 fully saturated rings. The van der Waals surface area contributed by atoms with Gasteiger partial charge >= 0.3 is 5.97 Å². The topological polar surface area (TPSA) is 41.7 Å². The number of quaternary nitrogens is 1. The quantitative estimate of drug-likeness (QED) is 0.911. The molecular formula is C21H24NO2+. The summed E-state index contributed by atoms with van der Waals surface area (Å²) in [7, 11) is 0. The van der Waals surface area contributed by atoms with Crippen molar-refractivity contribution in [1.29, 1.82) is 0 Å². The van der Waals surface area contributed by atoms with Crippen molar-refractivity contribution in [2.24, 2.45) is 5.92 Å². The fourth-order valence-corrected chi connectivity index (χ4v) is 4.48. The number of carboxylic acids is 1. The van der Waals surface area contributed by atoms with Gasteiger partial charge in [0.1, 0.15) is 6.54 Å². The van der Waals surface area contributed by atoms with E-state index in [2.05, 4.69) is 24.3 Å². The van der Waals surface area contributed by atoms with Crippen molar-refractivity contribution in [1.82, 2.24) is 0 Å². The second-order valence-electron chi connectivity index (χ2n) is 7.36. The van der Waals surface area contributed by atoms with E-state index in [1.165, 1.54) is 43.4 Å². The summed E-state index contributed by atoms with van der Waals surface area (Å²) < 4.78 is 0. The van der Waals surface area contributed by atoms with Crippen LogP contribution in [0.2, 0.25) is 0 Å². The zero-order valence-electron chi connectivity index (χ0n) is 13.9. The Morgan fingerprint density at radius 2 is 1.71 bits per heavy atom. The lowest BCUT2D eigenvalue weighted by Gasteiger charge is -2.39. The van der Waals surface area contributed by atoms with Crippen LogP contribution in [0.1, 0.15) is 39.9 Å². The Hall–Kier alpha value is -2.13. The lowest BCUT2D eigenvalue weighted by atomic mass is 9.80. The van der Waals surface area contributed by atoms with Crippen molar-refractivity contribution >= 4 is 5.97 Å². The van der Waals surface area contributed by atoms with Crippen molar-refractivity contribution < 1.29 is 14.8 Å². The van der Waals surface area contributed by atoms with Gasteiger partial charge in [0, 0.05) is 24.3 Å². The summed E-state index contributed by atoms with van der Waals surface area (Å²) in [5.41, 5.74) is 4.70. The van der Waals surface area contributed by atoms with Crippen LogP contribution in [0.15, 0.2) is 48.5 Å². The van der Waals surface area contributed by atoms with Crippen LogP contribution < -0.4 is 4.90 Å². The Morgan fingerprint density at radius 1 is 1.00 bits per heavy atom. The van der Waals surface area contributed by atoms with Gasteiger partial charge in [0.25, 0.3) is 0 Å². The van der Waals surface area contributed by atoms with E-state index in [-0.39, 0.29) is 0 Å². The molecule has 0 saturated carbocycles. The van der Waals surface area contributed by atoms with Gasteiger partial charge in [0.05, 0.1) is 18.2 Å². The molecule has 2 aromatic carbocycles. The van der Waals surface area contributed by atoms with E-state index < -0.39 is 5.97 Å². The van der Waals surface area contributed by atoms with Gasteiger partial charge in [-0.15, -0.1) is 0 Å². The van der Waals surface area contributed by atoms with Crippen molar-refractivity contribution in [2.45, 2.75) is 38.3 Å². The van der Waals surface area contributed by atoms with E-state index >= 15 is 0 Å². The summed E-state index contributed by atoms with van der Waals surface area (Å²) in [6.07, 6.45) is 5.04. The zero-order chi connectivity index (χ0) is 16.5. The molecule has 124 valence electrons. The normalized spacial score (nSPS) is 25.6. The van der Waals surface area contributed by atoms with Crippen LogP contribution >= 0.6 is 0 Å². The van der Waals surface area contributed by atoms with Gasteiger partial charge in [-0.2, -0.15) is 0 Å². The maximum atomic E-state index is 11.0. The maximum Gasteiger partial charge on any atom is 0.335 e. The van der Waals surface area contributed by atoms with Crippen LogP contribution in [0.3, 0.4) is 0 Å². The maximum absolute atomic E-state index is 11.0. The third kappa shape index (κ3) is 3.09. The van der Waals surface area contributed by atoms with E-state index in [1.807, 2.05) is 12.1 Å². The van der Waals surface area contributed by atoms with E-state index in [4.69, 9.17) is 5.11 Å². The molecule has 5 rings (SSSR count). The number of piperidine rings is 1. The molecular weight excluding hydrogens is 298 g/mol. The largest absolute Gasteiger partial charge is 0.478 e. The minimum atomic E-state index is -0.851. The van der Waals surface area contributed by atoms with Crippen LogP contribution in [0.25, 0.3) is 0 Å². The second-order valence-corrected chi connectivity index (χ2v) is 7.36. The SMILES string of the molecule is O=C(O)c1ccc(C[NH+]2CC3CCC2Cc2ccccc2C3)cc1. The lowest BCUT2D eigenvalue weighted by molar-refractivity contribution is -0.947. The van der Waals surface area contributed by atoms with Crippen molar-refractivity contribution in [2.75, 3.05) is 6.54 Å². The van der Waals surface area contributed by atoms with Gasteiger partial charge in [0.2, 0.25) is 0 Å². The van der Waals surface area contributed by atoms with Crippen LogP contribution in [0.5, 0.6) is 0 Å². The van der Waals surface area contributed by atoms with Gasteiger partial charge in [-0.05, 0) is 36.1 Å². The number of carbonyl (C=O) groups is 1. The summed E-state index contributed by atoms with van der Waals surface area (Å²) in [5, 5.41) is 9.04. The van der Waals surface area contributed by atoms with E-state index in [9.17, 15) is 4.79 Å². The number of aromatic carboxylic acids is 1. The molecule has 2 N–H and O–H groups in total. The third-order valence-corrected chi connectivity index (χ3v) is 5.78. The van der Waals surface area contributed by atoms with E-state index in [0.29, 0.717) is 11.6 Å². The fraction of sp³-hybridized carbons (Fsp3) is 0.381. The number of rotatable bonds is 3. The highest BCUT2D eigenvalue weighted by atomic mass is 16.4. The highest BCUT2D eigenvalue weighted by Gasteiger charge is 2.34. The molecule has 0 amide bonds. The Labute approximate surface area is 142 Å². The molecule has 3 heteroatoms. The van der Waals surface area contributed by atoms with Crippen LogP contribution in [-0.2, 0) is 19.4 Å². The number of hydrogen-bond acceptors (Lipinski definition) is 1. The molecule has 3 unspecified atom stereocenters. The van der Waals surface area contributed by atoms with Gasteiger partial charge in [-0.3, -0.25) is 0 Å². The molecule has 0 spiro atoms. The molecule has 2 bridgehead atoms. The summed E-state index contributed by atoms with van der Waals surface area (Å²) in [5.74, 6) is -0.0770. The standard InChI is InChI=1S/C21H23NO2/c23-21(24)17-8-5-15(6-9-17)13-22-14-16-7-10-20(22)12-19-4-2-1-3-18(19)11-16/h1-6,8-9,16,20H,7,10-14H2,(H,23,24)/p+1. The molecule has 0 aromatic heterocycles. The summed E-state index contributed by atoms with van der Waals surface area (Å²) in [6.45, 7) is 2.24. The Balaban J connectivity index is 1.53. The van der Waals surface area contributed by atoms with Gasteiger partial charge in [-0.25, -0.2) is 4.79 Å². The lowest BCUT2D eigenvalue weighted by Crippen LogP contribution is -3.16. The predicted octanol–water partition coefficient (Wildman–Crippen LogP) is 2.35. The molecule has 3 nitrogen and oxygen atoms in total. The minimum absolute atomic E-state index is 0.372. The molecule has 0 radical (unpaired) electrons. The predicted molar refractivity (Wildman–Crippen MR) is 93.3 cm³/mol. The summed E-state index contributed by atoms with van der Waals surface area (Å²) >= 11 is 0. The van der Waals surface area contributed by atoms with Crippen molar-refractivity contribution in [3.8, 4) is 0 Å². The number of nitrogens with one attached hydrogen (secondary N) is 1. The second kappa shape index (κ2) is 6.40. The highest BCUT2D eigenvalue weighted by molar-refractivity contribution is 5.87. The number of carboxylic acid groups (broad SMARTS) is 1. The Morgan fingerprint density at radius 3 is 2.42 bits per heavy atom. The summed E-state index contributed by atoms with van der Waals surface area (Å²) in [4.78, 5) is 12.7. The number of fused-ring (bicyclic) bond motifs is 2. The fourth-order valence-electron chi connectivity index (χ4n) is 4.48. The zero-order valence-corrected chi connectivity index (χ0v) is 13.9. The molecule has 2 aromatic rings. The first-order chi connectivity index (χ1) is 11.7. The third-order valence-electron chi connectivity index (χ3n) is 5.78. The molecule has 2 aliphatic heterocycles. The Kier molecular flexibility index (Phi) is 4.11. The van der Waals surface area contributed by atoms with Crippen molar-refractivity contribution in [3.63, 3.8) is 0 Å². The monoisotopic (exact) mass is 322 g/mol. The van der Waals surface area contributed by atoms with Crippen LogP contribution in [0, 0.1) is 5.92 Å². The van der Waals surface area contributed by atoms with Gasteiger partial charge in [-0.1, -0.05) is 36.4 Å². The number of benzene rings is 2. The highest BCUT2D eigenvalue weighted by Crippen LogP contribution is 2.25. The Bertz CT molecular complexity index is 738. The van der Waals surface area contributed by atoms with Crippen LogP contribution in [-0.4, -0.2) is 23.7 Å². The molecule has 1 aliphatic carbocycles.